The number of amides is 1. The van der Waals surface area contributed by atoms with E-state index >= 15 is 0 Å². The van der Waals surface area contributed by atoms with Gasteiger partial charge in [-0.25, -0.2) is 8.42 Å². The molecule has 4 unspecified atom stereocenters. The molecular weight excluding hydrogens is 609 g/mol. The molecule has 1 amide bonds. The number of rotatable bonds is 10. The number of nitrogens with zero attached hydrogens (tertiary/aromatic N) is 2. The summed E-state index contributed by atoms with van der Waals surface area (Å²) in [7, 11) is -4.49. The first kappa shape index (κ1) is 32.6. The maximum absolute atomic E-state index is 14.5. The fourth-order valence-corrected chi connectivity index (χ4v) is 7.60. The second-order valence-electron chi connectivity index (χ2n) is 12.6. The van der Waals surface area contributed by atoms with E-state index < -0.39 is 69.6 Å². The van der Waals surface area contributed by atoms with Crippen LogP contribution in [0.4, 0.5) is 8.78 Å². The molecule has 1 heterocycles. The smallest absolute Gasteiger partial charge is 0.307 e. The van der Waals surface area contributed by atoms with Crippen LogP contribution in [0.1, 0.15) is 76.5 Å². The van der Waals surface area contributed by atoms with Gasteiger partial charge in [0.1, 0.15) is 0 Å². The minimum atomic E-state index is -4.49. The zero-order valence-electron chi connectivity index (χ0n) is 23.9. The standard InChI is InChI=1S/C30H36Cl2F2N2O5S/c1-29(2,3)42(40,41)35(28(33)34)17-24(18-8-9-18)36-26(19-10-12-21(31)13-11-19)23(20-6-5-7-22(32)14-20)15-30(4,27(36)39)16-25(37)38/h5-7,10-14,18,23-24,26,28H,8-9,15-17H2,1-4H3,(H,37,38). The van der Waals surface area contributed by atoms with Crippen LogP contribution in [0.2, 0.25) is 10.0 Å². The molecule has 1 saturated heterocycles. The number of halogens is 4. The largest absolute Gasteiger partial charge is 0.481 e. The first-order valence-corrected chi connectivity index (χ1v) is 16.0. The molecule has 1 saturated carbocycles. The van der Waals surface area contributed by atoms with E-state index in [1.807, 2.05) is 6.07 Å². The highest BCUT2D eigenvalue weighted by molar-refractivity contribution is 7.90. The average Bonchev–Trinajstić information content (AvgIpc) is 3.71. The second-order valence-corrected chi connectivity index (χ2v) is 16.1. The van der Waals surface area contributed by atoms with Gasteiger partial charge in [-0.3, -0.25) is 9.59 Å². The number of benzene rings is 2. The molecule has 1 aliphatic carbocycles. The van der Waals surface area contributed by atoms with E-state index in [0.29, 0.717) is 28.5 Å². The van der Waals surface area contributed by atoms with Gasteiger partial charge in [0.15, 0.2) is 0 Å². The van der Waals surface area contributed by atoms with Gasteiger partial charge in [0.05, 0.1) is 22.6 Å². The normalized spacial score (nSPS) is 24.3. The number of likely N-dealkylation sites (tertiary alicyclic amines) is 1. The Morgan fingerprint density at radius 3 is 2.21 bits per heavy atom. The van der Waals surface area contributed by atoms with Crippen LogP contribution in [-0.4, -0.2) is 58.5 Å². The van der Waals surface area contributed by atoms with E-state index in [-0.39, 0.29) is 16.6 Å². The summed E-state index contributed by atoms with van der Waals surface area (Å²) in [5.74, 6) is -2.41. The number of carboxylic acid groups (broad SMARTS) is 1. The van der Waals surface area contributed by atoms with E-state index in [4.69, 9.17) is 23.2 Å². The second kappa shape index (κ2) is 12.0. The van der Waals surface area contributed by atoms with Gasteiger partial charge < -0.3 is 10.0 Å². The molecule has 4 atom stereocenters. The van der Waals surface area contributed by atoms with Gasteiger partial charge in [-0.05, 0) is 81.3 Å². The average molecular weight is 646 g/mol. The first-order valence-electron chi connectivity index (χ1n) is 13.8. The third kappa shape index (κ3) is 6.61. The highest BCUT2D eigenvalue weighted by Gasteiger charge is 2.56. The van der Waals surface area contributed by atoms with Crippen LogP contribution in [0.5, 0.6) is 0 Å². The van der Waals surface area contributed by atoms with Crippen LogP contribution in [-0.2, 0) is 19.6 Å². The molecular formula is C30H36Cl2F2N2O5S. The minimum Gasteiger partial charge on any atom is -0.481 e. The lowest BCUT2D eigenvalue weighted by atomic mass is 9.67. The molecule has 1 aliphatic heterocycles. The Morgan fingerprint density at radius 2 is 1.71 bits per heavy atom. The van der Waals surface area contributed by atoms with Gasteiger partial charge in [-0.2, -0.15) is 8.78 Å². The van der Waals surface area contributed by atoms with E-state index in [9.17, 15) is 31.9 Å². The lowest BCUT2D eigenvalue weighted by Gasteiger charge is -2.52. The van der Waals surface area contributed by atoms with Gasteiger partial charge in [-0.15, -0.1) is 4.31 Å². The predicted octanol–water partition coefficient (Wildman–Crippen LogP) is 6.96. The van der Waals surface area contributed by atoms with Crippen LogP contribution < -0.4 is 0 Å². The molecule has 4 rings (SSSR count). The summed E-state index contributed by atoms with van der Waals surface area (Å²) in [5.41, 5.74) is 0.0233. The topological polar surface area (TPSA) is 95.0 Å². The summed E-state index contributed by atoms with van der Waals surface area (Å²) in [6, 6.07) is 12.3. The molecule has 0 aromatic heterocycles. The number of sulfonamides is 1. The SMILES string of the molecule is CC1(CC(=O)O)CC(c2cccc(Cl)c2)C(c2ccc(Cl)cc2)N(C(CN(C(F)F)S(=O)(=O)C(C)(C)C)C2CC2)C1=O. The molecule has 12 heteroatoms. The van der Waals surface area contributed by atoms with Gasteiger partial charge in [0.2, 0.25) is 15.9 Å². The highest BCUT2D eigenvalue weighted by Crippen LogP contribution is 2.54. The van der Waals surface area contributed by atoms with Crippen molar-refractivity contribution in [1.82, 2.24) is 9.21 Å². The number of piperidine rings is 1. The van der Waals surface area contributed by atoms with Crippen molar-refractivity contribution >= 4 is 45.1 Å². The zero-order valence-corrected chi connectivity index (χ0v) is 26.3. The molecule has 7 nitrogen and oxygen atoms in total. The van der Waals surface area contributed by atoms with Crippen molar-refractivity contribution in [3.8, 4) is 0 Å². The number of aliphatic carboxylic acids is 1. The Morgan fingerprint density at radius 1 is 1.10 bits per heavy atom. The summed E-state index contributed by atoms with van der Waals surface area (Å²) < 4.78 is 54.5. The maximum atomic E-state index is 14.5. The van der Waals surface area contributed by atoms with Crippen LogP contribution >= 0.6 is 23.2 Å². The Hall–Kier alpha value is -2.27. The molecule has 1 N–H and O–H groups in total. The van der Waals surface area contributed by atoms with Crippen LogP contribution in [0.3, 0.4) is 0 Å². The molecule has 0 radical (unpaired) electrons. The Labute approximate surface area is 255 Å². The molecule has 2 fully saturated rings. The molecule has 2 aliphatic rings. The van der Waals surface area contributed by atoms with Crippen LogP contribution in [0.25, 0.3) is 0 Å². The summed E-state index contributed by atoms with van der Waals surface area (Å²) in [4.78, 5) is 28.1. The monoisotopic (exact) mass is 644 g/mol. The van der Waals surface area contributed by atoms with E-state index in [0.717, 1.165) is 5.56 Å². The van der Waals surface area contributed by atoms with Gasteiger partial charge in [0.25, 0.3) is 0 Å². The lowest BCUT2D eigenvalue weighted by Crippen LogP contribution is -2.60. The zero-order chi connectivity index (χ0) is 31.2. The van der Waals surface area contributed by atoms with Crippen molar-refractivity contribution in [2.75, 3.05) is 6.54 Å². The molecule has 0 bridgehead atoms. The summed E-state index contributed by atoms with van der Waals surface area (Å²) in [6.07, 6.45) is 0.902. The summed E-state index contributed by atoms with van der Waals surface area (Å²) in [6.45, 7) is 1.68. The van der Waals surface area contributed by atoms with Crippen LogP contribution in [0, 0.1) is 11.3 Å². The number of hydrogen-bond acceptors (Lipinski definition) is 4. The fourth-order valence-electron chi connectivity index (χ4n) is 6.01. The van der Waals surface area contributed by atoms with E-state index in [2.05, 4.69) is 0 Å². The van der Waals surface area contributed by atoms with E-state index in [1.165, 1.54) is 25.7 Å². The minimum absolute atomic E-state index is 0.151. The number of alkyl halides is 2. The molecule has 230 valence electrons. The van der Waals surface area contributed by atoms with Crippen molar-refractivity contribution in [2.45, 2.75) is 82.7 Å². The van der Waals surface area contributed by atoms with Crippen LogP contribution in [0.15, 0.2) is 48.5 Å². The van der Waals surface area contributed by atoms with Gasteiger partial charge >= 0.3 is 12.5 Å². The molecule has 0 spiro atoms. The van der Waals surface area contributed by atoms with E-state index in [1.54, 1.807) is 49.4 Å². The van der Waals surface area contributed by atoms with Crippen molar-refractivity contribution in [3.05, 3.63) is 69.7 Å². The highest BCUT2D eigenvalue weighted by atomic mass is 35.5. The van der Waals surface area contributed by atoms with Crippen molar-refractivity contribution in [1.29, 1.82) is 0 Å². The maximum Gasteiger partial charge on any atom is 0.307 e. The first-order chi connectivity index (χ1) is 19.5. The van der Waals surface area contributed by atoms with Gasteiger partial charge in [0, 0.05) is 28.5 Å². The molecule has 42 heavy (non-hydrogen) atoms. The predicted molar refractivity (Wildman–Crippen MR) is 158 cm³/mol. The Kier molecular flexibility index (Phi) is 9.34. The number of carboxylic acids is 1. The quantitative estimate of drug-likeness (QED) is 0.282. The summed E-state index contributed by atoms with van der Waals surface area (Å²) >= 11 is 12.6. The summed E-state index contributed by atoms with van der Waals surface area (Å²) in [5, 5.41) is 10.7. The van der Waals surface area contributed by atoms with Crippen molar-refractivity contribution < 1.29 is 31.9 Å². The van der Waals surface area contributed by atoms with Crippen molar-refractivity contribution in [3.63, 3.8) is 0 Å². The number of carbonyl (C=O) groups excluding carboxylic acids is 1. The molecule has 2 aromatic carbocycles. The number of hydrogen-bond donors (Lipinski definition) is 1. The fraction of sp³-hybridized carbons (Fsp3) is 0.533. The third-order valence-electron chi connectivity index (χ3n) is 8.32. The third-order valence-corrected chi connectivity index (χ3v) is 11.3. The lowest BCUT2D eigenvalue weighted by molar-refractivity contribution is -0.162. The number of carbonyl (C=O) groups is 2. The van der Waals surface area contributed by atoms with Gasteiger partial charge in [-0.1, -0.05) is 54.4 Å². The Balaban J connectivity index is 1.94. The molecule has 2 aromatic rings. The van der Waals surface area contributed by atoms with Crippen molar-refractivity contribution in [2.24, 2.45) is 11.3 Å². The Bertz CT molecular complexity index is 1430.